The molecule has 0 fully saturated rings. The van der Waals surface area contributed by atoms with E-state index in [0.717, 1.165) is 16.8 Å². The number of hydrogen-bond donors (Lipinski definition) is 0. The van der Waals surface area contributed by atoms with E-state index < -0.39 is 11.2 Å². The molecule has 0 aliphatic carbocycles. The first-order valence-corrected chi connectivity index (χ1v) is 10.4. The van der Waals surface area contributed by atoms with Gasteiger partial charge in [0.2, 0.25) is 13.0 Å². The van der Waals surface area contributed by atoms with Gasteiger partial charge in [0, 0.05) is 40.3 Å². The zero-order chi connectivity index (χ0) is 21.8. The molecule has 160 valence electrons. The zero-order valence-corrected chi connectivity index (χ0v) is 17.4. The largest absolute Gasteiger partial charge is 0.464 e. The van der Waals surface area contributed by atoms with Crippen molar-refractivity contribution in [2.75, 3.05) is 6.79 Å². The Balaban J connectivity index is 1.45. The monoisotopic (exact) mass is 449 g/mol. The summed E-state index contributed by atoms with van der Waals surface area (Å²) in [5, 5.41) is 18.5. The van der Waals surface area contributed by atoms with E-state index in [4.69, 9.17) is 30.9 Å². The fourth-order valence-electron chi connectivity index (χ4n) is 4.32. The first-order valence-electron chi connectivity index (χ1n) is 10.0. The second-order valence-corrected chi connectivity index (χ2v) is 8.09. The van der Waals surface area contributed by atoms with E-state index in [9.17, 15) is 10.1 Å². The summed E-state index contributed by atoms with van der Waals surface area (Å²) in [5.74, 6) is 2.11. The van der Waals surface area contributed by atoms with Gasteiger partial charge in [-0.3, -0.25) is 10.1 Å². The van der Waals surface area contributed by atoms with Gasteiger partial charge in [0.1, 0.15) is 5.75 Å². The van der Waals surface area contributed by atoms with Crippen LogP contribution in [0.15, 0.2) is 65.8 Å². The van der Waals surface area contributed by atoms with Crippen LogP contribution in [-0.4, -0.2) is 22.4 Å². The average molecular weight is 450 g/mol. The smallest absolute Gasteiger partial charge is 0.270 e. The molecule has 0 saturated carbocycles. The first kappa shape index (κ1) is 18.9. The Bertz CT molecular complexity index is 1290. The molecule has 0 aromatic heterocycles. The minimum atomic E-state index is -0.700. The molecule has 0 bridgehead atoms. The fourth-order valence-corrected chi connectivity index (χ4v) is 4.53. The van der Waals surface area contributed by atoms with Crippen LogP contribution in [0.5, 0.6) is 17.2 Å². The number of hydrazone groups is 1. The molecule has 6 rings (SSSR count). The molecule has 32 heavy (non-hydrogen) atoms. The maximum atomic E-state index is 11.4. The van der Waals surface area contributed by atoms with Crippen LogP contribution in [0.2, 0.25) is 5.02 Å². The normalized spacial score (nSPS) is 20.3. The molecule has 2 atom stereocenters. The Hall–Kier alpha value is -3.78. The number of nitro benzene ring substituents is 1. The average Bonchev–Trinajstić information content (AvgIpc) is 3.45. The highest BCUT2D eigenvalue weighted by Crippen LogP contribution is 2.49. The van der Waals surface area contributed by atoms with E-state index >= 15 is 0 Å². The van der Waals surface area contributed by atoms with Crippen LogP contribution in [0.3, 0.4) is 0 Å². The molecule has 3 aromatic rings. The minimum Gasteiger partial charge on any atom is -0.464 e. The first-order chi connectivity index (χ1) is 15.6. The quantitative estimate of drug-likeness (QED) is 0.402. The van der Waals surface area contributed by atoms with Crippen LogP contribution in [-0.2, 0) is 0 Å². The lowest BCUT2D eigenvalue weighted by atomic mass is 9.95. The van der Waals surface area contributed by atoms with Crippen LogP contribution in [0.4, 0.5) is 5.69 Å². The Morgan fingerprint density at radius 2 is 1.84 bits per heavy atom. The second kappa shape index (κ2) is 7.13. The standard InChI is InChI=1S/C23H16ClN3O5/c24-17-7-6-14(27(28)29)10-16(17)23-26-19(15-3-1-2-4-20(15)32-23)11-18(25-26)13-5-8-21-22(9-13)31-12-30-21/h1-10,19,23H,11-12H2/t19-,23+/m0/s1. The van der Waals surface area contributed by atoms with Gasteiger partial charge in [-0.15, -0.1) is 0 Å². The molecular formula is C23H16ClN3O5. The van der Waals surface area contributed by atoms with Gasteiger partial charge in [-0.25, -0.2) is 5.01 Å². The molecule has 9 heteroatoms. The van der Waals surface area contributed by atoms with Crippen LogP contribution in [0.25, 0.3) is 0 Å². The number of nitro groups is 1. The van der Waals surface area contributed by atoms with Crippen LogP contribution in [0, 0.1) is 10.1 Å². The Morgan fingerprint density at radius 1 is 1.00 bits per heavy atom. The number of nitrogens with zero attached hydrogens (tertiary/aromatic N) is 3. The molecule has 0 radical (unpaired) electrons. The van der Waals surface area contributed by atoms with Crippen molar-refractivity contribution < 1.29 is 19.1 Å². The second-order valence-electron chi connectivity index (χ2n) is 7.69. The Kier molecular flexibility index (Phi) is 4.22. The Labute approximate surface area is 187 Å². The molecule has 0 unspecified atom stereocenters. The van der Waals surface area contributed by atoms with Crippen LogP contribution >= 0.6 is 11.6 Å². The van der Waals surface area contributed by atoms with Gasteiger partial charge in [0.15, 0.2) is 11.5 Å². The van der Waals surface area contributed by atoms with Crippen molar-refractivity contribution in [3.8, 4) is 17.2 Å². The number of halogens is 1. The van der Waals surface area contributed by atoms with Gasteiger partial charge < -0.3 is 14.2 Å². The minimum absolute atomic E-state index is 0.0532. The van der Waals surface area contributed by atoms with Crippen LogP contribution < -0.4 is 14.2 Å². The third-order valence-corrected chi connectivity index (χ3v) is 6.21. The van der Waals surface area contributed by atoms with E-state index in [1.807, 2.05) is 47.5 Å². The van der Waals surface area contributed by atoms with E-state index in [-0.39, 0.29) is 18.5 Å². The summed E-state index contributed by atoms with van der Waals surface area (Å²) in [5.41, 5.74) is 3.23. The molecule has 0 amide bonds. The third-order valence-electron chi connectivity index (χ3n) is 5.86. The molecule has 3 heterocycles. The molecule has 0 saturated heterocycles. The van der Waals surface area contributed by atoms with Gasteiger partial charge in [0.25, 0.3) is 5.69 Å². The van der Waals surface area contributed by atoms with Crippen molar-refractivity contribution in [1.82, 2.24) is 5.01 Å². The SMILES string of the molecule is O=[N+]([O-])c1ccc(Cl)c([C@H]2Oc3ccccc3[C@@H]3CC(c4ccc5c(c4)OCO5)=NN23)c1. The number of rotatable bonds is 3. The predicted molar refractivity (Wildman–Crippen MR) is 116 cm³/mol. The fraction of sp³-hybridized carbons (Fsp3) is 0.174. The predicted octanol–water partition coefficient (Wildman–Crippen LogP) is 5.22. The molecule has 0 spiro atoms. The zero-order valence-electron chi connectivity index (χ0n) is 16.6. The van der Waals surface area contributed by atoms with Crippen molar-refractivity contribution >= 4 is 23.0 Å². The van der Waals surface area contributed by atoms with E-state index in [1.165, 1.54) is 18.2 Å². The number of fused-ring (bicyclic) bond motifs is 4. The summed E-state index contributed by atoms with van der Waals surface area (Å²) in [6.45, 7) is 0.203. The van der Waals surface area contributed by atoms with Crippen molar-refractivity contribution in [1.29, 1.82) is 0 Å². The lowest BCUT2D eigenvalue weighted by molar-refractivity contribution is -0.385. The summed E-state index contributed by atoms with van der Waals surface area (Å²) in [6.07, 6.45) is -0.0582. The number of non-ortho nitro benzene ring substituents is 1. The lowest BCUT2D eigenvalue weighted by Crippen LogP contribution is -2.33. The summed E-state index contributed by atoms with van der Waals surface area (Å²) in [6, 6.07) is 17.8. The van der Waals surface area contributed by atoms with Crippen molar-refractivity contribution in [2.24, 2.45) is 5.10 Å². The Morgan fingerprint density at radius 3 is 2.72 bits per heavy atom. The van der Waals surface area contributed by atoms with E-state index in [2.05, 4.69) is 0 Å². The highest BCUT2D eigenvalue weighted by Gasteiger charge is 2.42. The topological polar surface area (TPSA) is 86.4 Å². The van der Waals surface area contributed by atoms with Gasteiger partial charge >= 0.3 is 0 Å². The van der Waals surface area contributed by atoms with Crippen molar-refractivity contribution in [3.05, 3.63) is 92.5 Å². The van der Waals surface area contributed by atoms with Gasteiger partial charge in [-0.1, -0.05) is 29.8 Å². The summed E-state index contributed by atoms with van der Waals surface area (Å²) in [4.78, 5) is 10.9. The van der Waals surface area contributed by atoms with Crippen molar-refractivity contribution in [2.45, 2.75) is 18.7 Å². The summed E-state index contributed by atoms with van der Waals surface area (Å²) in [7, 11) is 0. The number of para-hydroxylation sites is 1. The highest BCUT2D eigenvalue weighted by atomic mass is 35.5. The third kappa shape index (κ3) is 2.95. The molecular weight excluding hydrogens is 434 g/mol. The van der Waals surface area contributed by atoms with Crippen LogP contribution in [0.1, 0.15) is 35.4 Å². The van der Waals surface area contributed by atoms with Gasteiger partial charge in [-0.2, -0.15) is 5.10 Å². The molecule has 8 nitrogen and oxygen atoms in total. The van der Waals surface area contributed by atoms with Gasteiger partial charge in [0.05, 0.1) is 16.7 Å². The number of ether oxygens (including phenoxy) is 3. The highest BCUT2D eigenvalue weighted by molar-refractivity contribution is 6.31. The van der Waals surface area contributed by atoms with Gasteiger partial charge in [-0.05, 0) is 30.3 Å². The summed E-state index contributed by atoms with van der Waals surface area (Å²) < 4.78 is 17.2. The molecule has 3 aromatic carbocycles. The maximum absolute atomic E-state index is 11.4. The number of hydrogen-bond acceptors (Lipinski definition) is 7. The molecule has 0 N–H and O–H groups in total. The van der Waals surface area contributed by atoms with E-state index in [0.29, 0.717) is 34.3 Å². The lowest BCUT2D eigenvalue weighted by Gasteiger charge is -2.38. The van der Waals surface area contributed by atoms with E-state index in [1.54, 1.807) is 0 Å². The van der Waals surface area contributed by atoms with Crippen molar-refractivity contribution in [3.63, 3.8) is 0 Å². The summed E-state index contributed by atoms with van der Waals surface area (Å²) >= 11 is 6.46. The molecule has 3 aliphatic heterocycles. The maximum Gasteiger partial charge on any atom is 0.270 e. The molecule has 3 aliphatic rings. The number of benzene rings is 3.